The second kappa shape index (κ2) is 6.16. The molecule has 1 fully saturated rings. The van der Waals surface area contributed by atoms with Gasteiger partial charge in [-0.2, -0.15) is 0 Å². The molecule has 1 saturated carbocycles. The van der Waals surface area contributed by atoms with Crippen LogP contribution >= 0.6 is 38.5 Å². The highest BCUT2D eigenvalue weighted by Gasteiger charge is 2.23. The van der Waals surface area contributed by atoms with E-state index in [1.165, 1.54) is 18.9 Å². The van der Waals surface area contributed by atoms with Crippen molar-refractivity contribution in [3.05, 3.63) is 48.1 Å². The normalized spacial score (nSPS) is 15.6. The SMILES string of the molecule is O=c1[nH]c(-c2ccc(F)c(Br)c2)nc(C2CCCC2)c1I. The summed E-state index contributed by atoms with van der Waals surface area (Å²) in [4.78, 5) is 19.6. The minimum atomic E-state index is -0.331. The molecule has 1 heterocycles. The predicted octanol–water partition coefficient (Wildman–Crippen LogP) is 4.60. The molecule has 3 nitrogen and oxygen atoms in total. The van der Waals surface area contributed by atoms with Crippen LogP contribution in [0.25, 0.3) is 11.4 Å². The number of nitrogens with one attached hydrogen (secondary N) is 1. The van der Waals surface area contributed by atoms with Gasteiger partial charge in [-0.1, -0.05) is 12.8 Å². The molecule has 0 amide bonds. The highest BCUT2D eigenvalue weighted by Crippen LogP contribution is 2.35. The molecule has 0 bridgehead atoms. The Bertz CT molecular complexity index is 741. The van der Waals surface area contributed by atoms with E-state index in [-0.39, 0.29) is 11.4 Å². The van der Waals surface area contributed by atoms with E-state index in [2.05, 4.69) is 48.5 Å². The van der Waals surface area contributed by atoms with Crippen molar-refractivity contribution >= 4 is 38.5 Å². The third-order valence-corrected chi connectivity index (χ3v) is 5.47. The third-order valence-electron chi connectivity index (χ3n) is 3.82. The van der Waals surface area contributed by atoms with Crippen molar-refractivity contribution < 1.29 is 4.39 Å². The summed E-state index contributed by atoms with van der Waals surface area (Å²) < 4.78 is 14.4. The van der Waals surface area contributed by atoms with Gasteiger partial charge in [0.2, 0.25) is 0 Å². The van der Waals surface area contributed by atoms with Gasteiger partial charge in [0.25, 0.3) is 5.56 Å². The van der Waals surface area contributed by atoms with Crippen molar-refractivity contribution in [1.82, 2.24) is 9.97 Å². The van der Waals surface area contributed by atoms with Crippen molar-refractivity contribution in [2.75, 3.05) is 0 Å². The fraction of sp³-hybridized carbons (Fsp3) is 0.333. The molecule has 0 atom stereocenters. The molecule has 110 valence electrons. The molecule has 3 rings (SSSR count). The molecule has 0 spiro atoms. The summed E-state index contributed by atoms with van der Waals surface area (Å²) in [7, 11) is 0. The first-order valence-electron chi connectivity index (χ1n) is 6.81. The van der Waals surface area contributed by atoms with E-state index in [4.69, 9.17) is 0 Å². The van der Waals surface area contributed by atoms with Gasteiger partial charge in [0.1, 0.15) is 11.6 Å². The van der Waals surface area contributed by atoms with Crippen LogP contribution in [0.2, 0.25) is 0 Å². The number of aromatic nitrogens is 2. The van der Waals surface area contributed by atoms with E-state index < -0.39 is 0 Å². The second-order valence-corrected chi connectivity index (χ2v) is 7.16. The van der Waals surface area contributed by atoms with Crippen LogP contribution < -0.4 is 5.56 Å². The van der Waals surface area contributed by atoms with E-state index in [1.807, 2.05) is 0 Å². The minimum absolute atomic E-state index is 0.122. The van der Waals surface area contributed by atoms with Gasteiger partial charge in [0, 0.05) is 11.5 Å². The average Bonchev–Trinajstić information content (AvgIpc) is 2.98. The quantitative estimate of drug-likeness (QED) is 0.663. The van der Waals surface area contributed by atoms with E-state index in [0.717, 1.165) is 18.5 Å². The highest BCUT2D eigenvalue weighted by atomic mass is 127. The average molecular weight is 463 g/mol. The summed E-state index contributed by atoms with van der Waals surface area (Å²) in [5, 5.41) is 0. The summed E-state index contributed by atoms with van der Waals surface area (Å²) in [6, 6.07) is 4.63. The number of hydrogen-bond acceptors (Lipinski definition) is 2. The van der Waals surface area contributed by atoms with Gasteiger partial charge < -0.3 is 4.98 Å². The molecule has 1 aromatic heterocycles. The molecule has 1 aliphatic rings. The number of nitrogens with zero attached hydrogens (tertiary/aromatic N) is 1. The van der Waals surface area contributed by atoms with E-state index in [9.17, 15) is 9.18 Å². The Morgan fingerprint density at radius 3 is 2.71 bits per heavy atom. The lowest BCUT2D eigenvalue weighted by Gasteiger charge is -2.12. The maximum absolute atomic E-state index is 13.3. The van der Waals surface area contributed by atoms with Crippen molar-refractivity contribution in [1.29, 1.82) is 0 Å². The van der Waals surface area contributed by atoms with Crippen LogP contribution in [0.5, 0.6) is 0 Å². The number of H-pyrrole nitrogens is 1. The molecule has 0 unspecified atom stereocenters. The molecule has 0 radical (unpaired) electrons. The molecule has 0 saturated heterocycles. The Hall–Kier alpha value is -0.760. The Labute approximate surface area is 143 Å². The van der Waals surface area contributed by atoms with Crippen LogP contribution in [0.4, 0.5) is 4.39 Å². The summed E-state index contributed by atoms with van der Waals surface area (Å²) in [6.07, 6.45) is 4.54. The number of rotatable bonds is 2. The van der Waals surface area contributed by atoms with Crippen LogP contribution in [0.1, 0.15) is 37.3 Å². The summed E-state index contributed by atoms with van der Waals surface area (Å²) in [6.45, 7) is 0. The Morgan fingerprint density at radius 1 is 1.33 bits per heavy atom. The molecular formula is C15H13BrFIN2O. The monoisotopic (exact) mass is 462 g/mol. The Kier molecular flexibility index (Phi) is 4.44. The fourth-order valence-electron chi connectivity index (χ4n) is 2.73. The molecule has 1 N–H and O–H groups in total. The van der Waals surface area contributed by atoms with Gasteiger partial charge in [0.05, 0.1) is 13.7 Å². The summed E-state index contributed by atoms with van der Waals surface area (Å²) in [5.74, 6) is 0.535. The van der Waals surface area contributed by atoms with Gasteiger partial charge in [-0.3, -0.25) is 4.79 Å². The topological polar surface area (TPSA) is 45.8 Å². The molecule has 0 aliphatic heterocycles. The molecule has 1 aliphatic carbocycles. The molecule has 6 heteroatoms. The van der Waals surface area contributed by atoms with Crippen molar-refractivity contribution in [2.45, 2.75) is 31.6 Å². The minimum Gasteiger partial charge on any atom is -0.306 e. The van der Waals surface area contributed by atoms with Crippen molar-refractivity contribution in [3.63, 3.8) is 0 Å². The van der Waals surface area contributed by atoms with E-state index in [0.29, 0.717) is 25.3 Å². The van der Waals surface area contributed by atoms with Gasteiger partial charge in [0.15, 0.2) is 0 Å². The van der Waals surface area contributed by atoms with Crippen LogP contribution in [0.15, 0.2) is 27.5 Å². The van der Waals surface area contributed by atoms with Gasteiger partial charge >= 0.3 is 0 Å². The van der Waals surface area contributed by atoms with Crippen molar-refractivity contribution in [2.24, 2.45) is 0 Å². The number of benzene rings is 1. The maximum Gasteiger partial charge on any atom is 0.264 e. The molecular weight excluding hydrogens is 450 g/mol. The lowest BCUT2D eigenvalue weighted by atomic mass is 10.0. The van der Waals surface area contributed by atoms with Crippen molar-refractivity contribution in [3.8, 4) is 11.4 Å². The zero-order valence-electron chi connectivity index (χ0n) is 11.1. The third kappa shape index (κ3) is 3.06. The fourth-order valence-corrected chi connectivity index (χ4v) is 3.80. The number of hydrogen-bond donors (Lipinski definition) is 1. The molecule has 2 aromatic rings. The largest absolute Gasteiger partial charge is 0.306 e. The summed E-state index contributed by atoms with van der Waals surface area (Å²) in [5.41, 5.74) is 1.46. The second-order valence-electron chi connectivity index (χ2n) is 5.22. The zero-order valence-corrected chi connectivity index (χ0v) is 14.9. The number of aromatic amines is 1. The summed E-state index contributed by atoms with van der Waals surface area (Å²) >= 11 is 5.23. The first kappa shape index (κ1) is 15.1. The first-order chi connectivity index (χ1) is 10.1. The van der Waals surface area contributed by atoms with Gasteiger partial charge in [-0.25, -0.2) is 9.37 Å². The maximum atomic E-state index is 13.3. The van der Waals surface area contributed by atoms with E-state index in [1.54, 1.807) is 12.1 Å². The van der Waals surface area contributed by atoms with Crippen LogP contribution in [-0.4, -0.2) is 9.97 Å². The van der Waals surface area contributed by atoms with Crippen LogP contribution in [0, 0.1) is 9.39 Å². The standard InChI is InChI=1S/C15H13BrFIN2O/c16-10-7-9(5-6-11(10)17)14-19-13(8-3-1-2-4-8)12(18)15(21)20-14/h5-8H,1-4H2,(H,19,20,21). The Morgan fingerprint density at radius 2 is 2.05 bits per heavy atom. The number of halogens is 3. The van der Waals surface area contributed by atoms with Crippen LogP contribution in [0.3, 0.4) is 0 Å². The lowest BCUT2D eigenvalue weighted by molar-refractivity contribution is 0.621. The molecule has 21 heavy (non-hydrogen) atoms. The van der Waals surface area contributed by atoms with Gasteiger partial charge in [-0.15, -0.1) is 0 Å². The first-order valence-corrected chi connectivity index (χ1v) is 8.68. The van der Waals surface area contributed by atoms with E-state index >= 15 is 0 Å². The lowest BCUT2D eigenvalue weighted by Crippen LogP contribution is -2.18. The van der Waals surface area contributed by atoms with Crippen LogP contribution in [-0.2, 0) is 0 Å². The zero-order chi connectivity index (χ0) is 15.0. The van der Waals surface area contributed by atoms with Gasteiger partial charge in [-0.05, 0) is 69.6 Å². The molecule has 1 aromatic carbocycles. The highest BCUT2D eigenvalue weighted by molar-refractivity contribution is 14.1. The predicted molar refractivity (Wildman–Crippen MR) is 91.9 cm³/mol. The Balaban J connectivity index is 2.10. The smallest absolute Gasteiger partial charge is 0.264 e.